The molecule has 5 fully saturated rings. The molecular weight excluding hydrogens is 614 g/mol. The molecule has 248 valence electrons. The number of aromatic nitrogens is 2. The Hall–Kier alpha value is -3.99. The van der Waals surface area contributed by atoms with Crippen LogP contribution in [0.2, 0.25) is 0 Å². The molecule has 10 nitrogen and oxygen atoms in total. The molecule has 0 unspecified atom stereocenters. The molecule has 4 saturated carbocycles. The summed E-state index contributed by atoms with van der Waals surface area (Å²) in [7, 11) is -3.80. The summed E-state index contributed by atoms with van der Waals surface area (Å²) >= 11 is 0. The Balaban J connectivity index is 0.929. The second kappa shape index (κ2) is 12.6. The number of hydrogen-bond acceptors (Lipinski definition) is 8. The van der Waals surface area contributed by atoms with Crippen LogP contribution in [0.1, 0.15) is 71.9 Å². The Morgan fingerprint density at radius 1 is 0.915 bits per heavy atom. The highest BCUT2D eigenvalue weighted by atomic mass is 32.2. The van der Waals surface area contributed by atoms with Crippen LogP contribution in [0.3, 0.4) is 0 Å². The fourth-order valence-electron chi connectivity index (χ4n) is 9.08. The minimum atomic E-state index is -3.80. The molecule has 4 bridgehead atoms. The van der Waals surface area contributed by atoms with Crippen LogP contribution in [0.4, 0.5) is 5.82 Å². The van der Waals surface area contributed by atoms with E-state index in [1.807, 2.05) is 66.1 Å². The van der Waals surface area contributed by atoms with Crippen molar-refractivity contribution in [2.24, 2.45) is 23.2 Å². The summed E-state index contributed by atoms with van der Waals surface area (Å²) in [6.07, 6.45) is 6.57. The molecule has 11 heteroatoms. The van der Waals surface area contributed by atoms with Gasteiger partial charge in [0, 0.05) is 31.7 Å². The molecule has 2 amide bonds. The molecule has 2 heterocycles. The standard InChI is InChI=1S/C36H43N5O5S/c1-3-46-30-6-4-5-28(19-30)31-8-7-29(15-24(31)2)35(43)41-13-11-40(12-14-41)33-10-9-32(37-38-33)34(42)39-47(44,45)23-36-20-25-16-26(21-36)18-27(17-25)22-36/h4-10,15,19,25-27H,3,11-14,16-18,20-23H2,1-2H3,(H,39,42). The van der Waals surface area contributed by atoms with Gasteiger partial charge in [0.25, 0.3) is 11.8 Å². The summed E-state index contributed by atoms with van der Waals surface area (Å²) in [6, 6.07) is 17.0. The fourth-order valence-corrected chi connectivity index (χ4v) is 10.7. The number of carbonyl (C=O) groups excluding carboxylic acids is 2. The molecular formula is C36H43N5O5S. The Morgan fingerprint density at radius 3 is 2.23 bits per heavy atom. The van der Waals surface area contributed by atoms with Gasteiger partial charge in [-0.3, -0.25) is 9.59 Å². The molecule has 1 aliphatic heterocycles. The molecule has 1 N–H and O–H groups in total. The van der Waals surface area contributed by atoms with E-state index >= 15 is 0 Å². The first-order valence-corrected chi connectivity index (χ1v) is 18.5. The van der Waals surface area contributed by atoms with E-state index in [2.05, 4.69) is 14.9 Å². The SMILES string of the molecule is CCOc1cccc(-c2ccc(C(=O)N3CCN(c4ccc(C(=O)NS(=O)(=O)CC56CC7CC(CC(C7)C5)C6)nn4)CC3)cc2C)c1. The maximum Gasteiger partial charge on any atom is 0.285 e. The smallest absolute Gasteiger partial charge is 0.285 e. The van der Waals surface area contributed by atoms with Gasteiger partial charge in [-0.1, -0.05) is 18.2 Å². The largest absolute Gasteiger partial charge is 0.494 e. The molecule has 2 aromatic carbocycles. The van der Waals surface area contributed by atoms with Crippen LogP contribution in [-0.4, -0.2) is 73.9 Å². The summed E-state index contributed by atoms with van der Waals surface area (Å²) in [4.78, 5) is 30.1. The highest BCUT2D eigenvalue weighted by Crippen LogP contribution is 2.60. The molecule has 4 aliphatic carbocycles. The summed E-state index contributed by atoms with van der Waals surface area (Å²) in [5.41, 5.74) is 3.55. The Morgan fingerprint density at radius 2 is 1.62 bits per heavy atom. The number of nitrogens with zero attached hydrogens (tertiary/aromatic N) is 4. The Labute approximate surface area is 276 Å². The van der Waals surface area contributed by atoms with Gasteiger partial charge >= 0.3 is 0 Å². The van der Waals surface area contributed by atoms with Crippen LogP contribution in [-0.2, 0) is 10.0 Å². The van der Waals surface area contributed by atoms with Crippen molar-refractivity contribution in [3.05, 3.63) is 71.4 Å². The van der Waals surface area contributed by atoms with Crippen LogP contribution in [0.5, 0.6) is 5.75 Å². The first-order chi connectivity index (χ1) is 22.6. The van der Waals surface area contributed by atoms with E-state index < -0.39 is 15.9 Å². The summed E-state index contributed by atoms with van der Waals surface area (Å²) in [6.45, 7) is 6.73. The predicted molar refractivity (Wildman–Crippen MR) is 180 cm³/mol. The lowest BCUT2D eigenvalue weighted by Gasteiger charge is -2.56. The van der Waals surface area contributed by atoms with Crippen molar-refractivity contribution >= 4 is 27.7 Å². The summed E-state index contributed by atoms with van der Waals surface area (Å²) in [5, 5.41) is 8.31. The van der Waals surface area contributed by atoms with E-state index in [1.54, 1.807) is 6.07 Å². The maximum absolute atomic E-state index is 13.4. The molecule has 0 radical (unpaired) electrons. The minimum Gasteiger partial charge on any atom is -0.494 e. The van der Waals surface area contributed by atoms with Gasteiger partial charge < -0.3 is 14.5 Å². The van der Waals surface area contributed by atoms with Gasteiger partial charge in [-0.15, -0.1) is 10.2 Å². The number of hydrogen-bond donors (Lipinski definition) is 1. The van der Waals surface area contributed by atoms with Crippen molar-refractivity contribution < 1.29 is 22.7 Å². The van der Waals surface area contributed by atoms with Crippen LogP contribution in [0.25, 0.3) is 11.1 Å². The third-order valence-corrected chi connectivity index (χ3v) is 12.1. The normalized spacial score (nSPS) is 25.1. The van der Waals surface area contributed by atoms with Gasteiger partial charge in [0.1, 0.15) is 5.75 Å². The van der Waals surface area contributed by atoms with Crippen molar-refractivity contribution in [1.29, 1.82) is 0 Å². The zero-order valence-corrected chi connectivity index (χ0v) is 28.0. The topological polar surface area (TPSA) is 122 Å². The monoisotopic (exact) mass is 657 g/mol. The molecule has 47 heavy (non-hydrogen) atoms. The average Bonchev–Trinajstić information content (AvgIpc) is 3.03. The molecule has 5 aliphatic rings. The first kappa shape index (κ1) is 31.6. The number of benzene rings is 2. The maximum atomic E-state index is 13.4. The second-order valence-corrected chi connectivity index (χ2v) is 15.9. The molecule has 0 atom stereocenters. The van der Waals surface area contributed by atoms with Gasteiger partial charge in [-0.2, -0.15) is 0 Å². The number of piperazine rings is 1. The zero-order chi connectivity index (χ0) is 32.8. The van der Waals surface area contributed by atoms with E-state index in [0.717, 1.165) is 41.7 Å². The van der Waals surface area contributed by atoms with Gasteiger partial charge in [-0.05, 0) is 129 Å². The summed E-state index contributed by atoms with van der Waals surface area (Å²) < 4.78 is 34.1. The number of anilines is 1. The predicted octanol–water partition coefficient (Wildman–Crippen LogP) is 5.09. The van der Waals surface area contributed by atoms with Gasteiger partial charge in [0.2, 0.25) is 10.0 Å². The van der Waals surface area contributed by atoms with E-state index in [1.165, 1.54) is 25.3 Å². The Bertz CT molecular complexity index is 1730. The van der Waals surface area contributed by atoms with Crippen LogP contribution >= 0.6 is 0 Å². The van der Waals surface area contributed by atoms with E-state index in [4.69, 9.17) is 4.74 Å². The number of rotatable bonds is 9. The van der Waals surface area contributed by atoms with Crippen LogP contribution < -0.4 is 14.4 Å². The van der Waals surface area contributed by atoms with Crippen molar-refractivity contribution in [3.8, 4) is 16.9 Å². The average molecular weight is 658 g/mol. The number of aryl methyl sites for hydroxylation is 1. The number of nitrogens with one attached hydrogen (secondary N) is 1. The third kappa shape index (κ3) is 6.72. The van der Waals surface area contributed by atoms with E-state index in [9.17, 15) is 18.0 Å². The molecule has 0 spiro atoms. The number of amides is 2. The molecule has 8 rings (SSSR count). The van der Waals surface area contributed by atoms with Crippen molar-refractivity contribution in [2.45, 2.75) is 52.4 Å². The first-order valence-electron chi connectivity index (χ1n) is 16.9. The molecule has 1 saturated heterocycles. The number of carbonyl (C=O) groups is 2. The van der Waals surface area contributed by atoms with E-state index in [-0.39, 0.29) is 22.8 Å². The van der Waals surface area contributed by atoms with Crippen LogP contribution in [0, 0.1) is 30.1 Å². The fraction of sp³-hybridized carbons (Fsp3) is 0.500. The quantitative estimate of drug-likeness (QED) is 0.338. The number of ether oxygens (including phenoxy) is 1. The molecule has 1 aromatic heterocycles. The lowest BCUT2D eigenvalue weighted by Crippen LogP contribution is -2.51. The highest BCUT2D eigenvalue weighted by molar-refractivity contribution is 7.90. The van der Waals surface area contributed by atoms with Gasteiger partial charge in [0.05, 0.1) is 12.4 Å². The van der Waals surface area contributed by atoms with Gasteiger partial charge in [0.15, 0.2) is 11.5 Å². The van der Waals surface area contributed by atoms with Crippen molar-refractivity contribution in [2.75, 3.05) is 43.4 Å². The third-order valence-electron chi connectivity index (χ3n) is 10.6. The zero-order valence-electron chi connectivity index (χ0n) is 27.2. The van der Waals surface area contributed by atoms with Crippen LogP contribution in [0.15, 0.2) is 54.6 Å². The van der Waals surface area contributed by atoms with E-state index in [0.29, 0.717) is 61.9 Å². The molecule has 3 aromatic rings. The lowest BCUT2D eigenvalue weighted by molar-refractivity contribution is -0.0391. The highest BCUT2D eigenvalue weighted by Gasteiger charge is 2.52. The Kier molecular flexibility index (Phi) is 8.44. The lowest BCUT2D eigenvalue weighted by atomic mass is 9.50. The van der Waals surface area contributed by atoms with Gasteiger partial charge in [-0.25, -0.2) is 13.1 Å². The van der Waals surface area contributed by atoms with Crippen molar-refractivity contribution in [1.82, 2.24) is 19.8 Å². The number of sulfonamides is 1. The summed E-state index contributed by atoms with van der Waals surface area (Å²) in [5.74, 6) is 2.56. The second-order valence-electron chi connectivity index (χ2n) is 14.2. The van der Waals surface area contributed by atoms with Crippen molar-refractivity contribution in [3.63, 3.8) is 0 Å². The minimum absolute atomic E-state index is 0.00973.